The summed E-state index contributed by atoms with van der Waals surface area (Å²) in [5.41, 5.74) is 1.04. The standard InChI is InChI=1S/C17H22N4O3/c1-12(2)24-15-7-5-4-6-13(15)19-16-9-8-14(20-21-16)17(22)18-10-11-23-3/h4-9,12H,10-11H2,1-3H3,(H,18,22)(H,19,21). The number of hydrogen-bond donors (Lipinski definition) is 2. The minimum absolute atomic E-state index is 0.0669. The number of benzene rings is 1. The molecule has 0 unspecified atom stereocenters. The van der Waals surface area contributed by atoms with Gasteiger partial charge in [-0.25, -0.2) is 0 Å². The van der Waals surface area contributed by atoms with Gasteiger partial charge >= 0.3 is 0 Å². The Morgan fingerprint density at radius 2 is 1.96 bits per heavy atom. The summed E-state index contributed by atoms with van der Waals surface area (Å²) >= 11 is 0. The van der Waals surface area contributed by atoms with Gasteiger partial charge in [0, 0.05) is 13.7 Å². The normalized spacial score (nSPS) is 10.5. The predicted octanol–water partition coefficient (Wildman–Crippen LogP) is 2.38. The predicted molar refractivity (Wildman–Crippen MR) is 91.7 cm³/mol. The van der Waals surface area contributed by atoms with Crippen LogP contribution in [-0.4, -0.2) is 42.5 Å². The Labute approximate surface area is 141 Å². The molecule has 0 bridgehead atoms. The van der Waals surface area contributed by atoms with Crippen molar-refractivity contribution < 1.29 is 14.3 Å². The van der Waals surface area contributed by atoms with Crippen LogP contribution in [0, 0.1) is 0 Å². The molecule has 7 heteroatoms. The maximum absolute atomic E-state index is 11.9. The number of methoxy groups -OCH3 is 1. The lowest BCUT2D eigenvalue weighted by Gasteiger charge is -2.14. The molecule has 1 amide bonds. The second-order valence-electron chi connectivity index (χ2n) is 5.34. The van der Waals surface area contributed by atoms with E-state index in [1.54, 1.807) is 19.2 Å². The Balaban J connectivity index is 2.03. The molecule has 0 radical (unpaired) electrons. The van der Waals surface area contributed by atoms with Crippen molar-refractivity contribution in [3.8, 4) is 5.75 Å². The molecule has 0 atom stereocenters. The third-order valence-corrected chi connectivity index (χ3v) is 3.00. The summed E-state index contributed by atoms with van der Waals surface area (Å²) < 4.78 is 10.6. The van der Waals surface area contributed by atoms with E-state index in [1.807, 2.05) is 38.1 Å². The largest absolute Gasteiger partial charge is 0.489 e. The van der Waals surface area contributed by atoms with Crippen molar-refractivity contribution in [2.45, 2.75) is 20.0 Å². The Kier molecular flexibility index (Phi) is 6.51. The zero-order chi connectivity index (χ0) is 17.4. The summed E-state index contributed by atoms with van der Waals surface area (Å²) in [6, 6.07) is 10.9. The molecule has 0 aliphatic carbocycles. The smallest absolute Gasteiger partial charge is 0.271 e. The number of rotatable bonds is 8. The average molecular weight is 330 g/mol. The Morgan fingerprint density at radius 1 is 1.17 bits per heavy atom. The lowest BCUT2D eigenvalue weighted by atomic mass is 10.3. The SMILES string of the molecule is COCCNC(=O)c1ccc(Nc2ccccc2OC(C)C)nn1. The van der Waals surface area contributed by atoms with Crippen LogP contribution in [-0.2, 0) is 4.74 Å². The van der Waals surface area contributed by atoms with Crippen LogP contribution in [0.2, 0.25) is 0 Å². The first-order chi connectivity index (χ1) is 11.6. The van der Waals surface area contributed by atoms with Gasteiger partial charge in [-0.1, -0.05) is 12.1 Å². The maximum Gasteiger partial charge on any atom is 0.271 e. The topological polar surface area (TPSA) is 85.4 Å². The third kappa shape index (κ3) is 5.20. The van der Waals surface area contributed by atoms with E-state index >= 15 is 0 Å². The van der Waals surface area contributed by atoms with Crippen LogP contribution in [0.5, 0.6) is 5.75 Å². The molecule has 128 valence electrons. The second-order valence-corrected chi connectivity index (χ2v) is 5.34. The van der Waals surface area contributed by atoms with E-state index in [9.17, 15) is 4.79 Å². The molecular formula is C17H22N4O3. The molecule has 24 heavy (non-hydrogen) atoms. The van der Waals surface area contributed by atoms with Crippen molar-refractivity contribution in [1.82, 2.24) is 15.5 Å². The summed E-state index contributed by atoms with van der Waals surface area (Å²) in [6.07, 6.45) is 0.0669. The minimum atomic E-state index is -0.283. The number of aromatic nitrogens is 2. The van der Waals surface area contributed by atoms with Crippen molar-refractivity contribution in [3.05, 3.63) is 42.1 Å². The number of hydrogen-bond acceptors (Lipinski definition) is 6. The molecular weight excluding hydrogens is 308 g/mol. The highest BCUT2D eigenvalue weighted by atomic mass is 16.5. The highest BCUT2D eigenvalue weighted by molar-refractivity contribution is 5.92. The number of nitrogens with one attached hydrogen (secondary N) is 2. The van der Waals surface area contributed by atoms with Gasteiger partial charge in [-0.3, -0.25) is 4.79 Å². The molecule has 0 aliphatic heterocycles. The summed E-state index contributed by atoms with van der Waals surface area (Å²) in [4.78, 5) is 11.9. The van der Waals surface area contributed by atoms with Crippen LogP contribution in [0.1, 0.15) is 24.3 Å². The summed E-state index contributed by atoms with van der Waals surface area (Å²) in [6.45, 7) is 4.81. The zero-order valence-corrected chi connectivity index (χ0v) is 14.1. The van der Waals surface area contributed by atoms with Crippen molar-refractivity contribution in [2.24, 2.45) is 0 Å². The van der Waals surface area contributed by atoms with Crippen LogP contribution in [0.3, 0.4) is 0 Å². The Bertz CT molecular complexity index is 659. The molecule has 1 heterocycles. The quantitative estimate of drug-likeness (QED) is 0.723. The fraction of sp³-hybridized carbons (Fsp3) is 0.353. The number of carbonyl (C=O) groups is 1. The van der Waals surface area contributed by atoms with E-state index in [-0.39, 0.29) is 17.7 Å². The van der Waals surface area contributed by atoms with Crippen LogP contribution in [0.4, 0.5) is 11.5 Å². The fourth-order valence-corrected chi connectivity index (χ4v) is 1.94. The Hall–Kier alpha value is -2.67. The average Bonchev–Trinajstić information content (AvgIpc) is 2.57. The zero-order valence-electron chi connectivity index (χ0n) is 14.1. The van der Waals surface area contributed by atoms with Crippen LogP contribution in [0.15, 0.2) is 36.4 Å². The van der Waals surface area contributed by atoms with Crippen molar-refractivity contribution in [1.29, 1.82) is 0 Å². The van der Waals surface area contributed by atoms with E-state index in [0.717, 1.165) is 11.4 Å². The summed E-state index contributed by atoms with van der Waals surface area (Å²) in [7, 11) is 1.58. The van der Waals surface area contributed by atoms with E-state index in [2.05, 4.69) is 20.8 Å². The number of anilines is 2. The van der Waals surface area contributed by atoms with Gasteiger partial charge in [0.2, 0.25) is 0 Å². The van der Waals surface area contributed by atoms with Crippen molar-refractivity contribution in [2.75, 3.05) is 25.6 Å². The first kappa shape index (κ1) is 17.7. The van der Waals surface area contributed by atoms with Gasteiger partial charge in [-0.2, -0.15) is 0 Å². The van der Waals surface area contributed by atoms with Crippen LogP contribution in [0.25, 0.3) is 0 Å². The molecule has 1 aromatic carbocycles. The van der Waals surface area contributed by atoms with Gasteiger partial charge in [0.25, 0.3) is 5.91 Å². The lowest BCUT2D eigenvalue weighted by Crippen LogP contribution is -2.27. The fourth-order valence-electron chi connectivity index (χ4n) is 1.94. The van der Waals surface area contributed by atoms with Gasteiger partial charge in [-0.15, -0.1) is 10.2 Å². The van der Waals surface area contributed by atoms with Crippen molar-refractivity contribution in [3.63, 3.8) is 0 Å². The van der Waals surface area contributed by atoms with Gasteiger partial charge in [0.15, 0.2) is 11.5 Å². The summed E-state index contributed by atoms with van der Waals surface area (Å²) in [5, 5.41) is 13.8. The second kappa shape index (κ2) is 8.83. The number of carbonyl (C=O) groups excluding carboxylic acids is 1. The minimum Gasteiger partial charge on any atom is -0.489 e. The lowest BCUT2D eigenvalue weighted by molar-refractivity contribution is 0.0931. The van der Waals surface area contributed by atoms with E-state index in [1.165, 1.54) is 0 Å². The molecule has 0 saturated carbocycles. The molecule has 0 saturated heterocycles. The monoisotopic (exact) mass is 330 g/mol. The number of ether oxygens (including phenoxy) is 2. The molecule has 1 aromatic heterocycles. The van der Waals surface area contributed by atoms with E-state index < -0.39 is 0 Å². The molecule has 2 N–H and O–H groups in total. The van der Waals surface area contributed by atoms with E-state index in [4.69, 9.17) is 9.47 Å². The molecule has 0 aliphatic rings. The molecule has 7 nitrogen and oxygen atoms in total. The number of para-hydroxylation sites is 2. The van der Waals surface area contributed by atoms with E-state index in [0.29, 0.717) is 19.0 Å². The first-order valence-corrected chi connectivity index (χ1v) is 7.73. The highest BCUT2D eigenvalue weighted by Crippen LogP contribution is 2.27. The molecule has 0 fully saturated rings. The summed E-state index contributed by atoms with van der Waals surface area (Å²) in [5.74, 6) is 0.980. The van der Waals surface area contributed by atoms with Gasteiger partial charge in [0.05, 0.1) is 18.4 Å². The maximum atomic E-state index is 11.9. The Morgan fingerprint density at radius 3 is 2.62 bits per heavy atom. The molecule has 2 aromatic rings. The highest BCUT2D eigenvalue weighted by Gasteiger charge is 2.09. The van der Waals surface area contributed by atoms with Gasteiger partial charge in [-0.05, 0) is 38.1 Å². The molecule has 0 spiro atoms. The third-order valence-electron chi connectivity index (χ3n) is 3.00. The number of amides is 1. The molecule has 2 rings (SSSR count). The van der Waals surface area contributed by atoms with Gasteiger partial charge in [0.1, 0.15) is 5.75 Å². The van der Waals surface area contributed by atoms with Gasteiger partial charge < -0.3 is 20.1 Å². The number of nitrogens with zero attached hydrogens (tertiary/aromatic N) is 2. The van der Waals surface area contributed by atoms with Crippen LogP contribution >= 0.6 is 0 Å². The van der Waals surface area contributed by atoms with Crippen LogP contribution < -0.4 is 15.4 Å². The first-order valence-electron chi connectivity index (χ1n) is 7.73. The van der Waals surface area contributed by atoms with Crippen molar-refractivity contribution >= 4 is 17.4 Å².